The number of sulfone groups is 1. The molecule has 1 aromatic carbocycles. The fourth-order valence-electron chi connectivity index (χ4n) is 3.55. The molecule has 25 heavy (non-hydrogen) atoms. The van der Waals surface area contributed by atoms with Gasteiger partial charge in [-0.1, -0.05) is 24.8 Å². The number of hydrogen-bond acceptors (Lipinski definition) is 4. The number of benzene rings is 1. The van der Waals surface area contributed by atoms with Crippen molar-refractivity contribution in [1.29, 1.82) is 0 Å². The minimum absolute atomic E-state index is 0.0285. The third kappa shape index (κ3) is 3.61. The van der Waals surface area contributed by atoms with Gasteiger partial charge in [0.2, 0.25) is 11.8 Å². The highest BCUT2D eigenvalue weighted by Crippen LogP contribution is 2.32. The molecule has 7 heteroatoms. The molecule has 0 aliphatic carbocycles. The smallest absolute Gasteiger partial charge is 0.245 e. The molecule has 2 unspecified atom stereocenters. The Kier molecular flexibility index (Phi) is 4.94. The molecular weight excluding hydrogens is 340 g/mol. The first-order valence-corrected chi connectivity index (χ1v) is 10.1. The van der Waals surface area contributed by atoms with Gasteiger partial charge in [0.05, 0.1) is 22.6 Å². The van der Waals surface area contributed by atoms with Crippen molar-refractivity contribution in [2.24, 2.45) is 5.92 Å². The average molecular weight is 362 g/mol. The topological polar surface area (TPSA) is 83.6 Å². The molecule has 0 saturated carbocycles. The van der Waals surface area contributed by atoms with Gasteiger partial charge in [0.15, 0.2) is 9.84 Å². The fraction of sp³-hybridized carbons (Fsp3) is 0.444. The number of nitrogens with one attached hydrogen (secondary N) is 1. The van der Waals surface area contributed by atoms with Crippen LogP contribution in [-0.4, -0.2) is 44.0 Å². The van der Waals surface area contributed by atoms with Crippen LogP contribution >= 0.6 is 0 Å². The summed E-state index contributed by atoms with van der Waals surface area (Å²) in [5.74, 6) is -0.531. The third-order valence-electron chi connectivity index (χ3n) is 4.90. The van der Waals surface area contributed by atoms with E-state index in [2.05, 4.69) is 11.9 Å². The van der Waals surface area contributed by atoms with Gasteiger partial charge in [0, 0.05) is 13.1 Å². The second-order valence-corrected chi connectivity index (χ2v) is 8.61. The minimum Gasteiger partial charge on any atom is -0.349 e. The van der Waals surface area contributed by atoms with Crippen molar-refractivity contribution in [2.45, 2.75) is 30.2 Å². The van der Waals surface area contributed by atoms with Crippen molar-refractivity contribution < 1.29 is 18.0 Å². The minimum atomic E-state index is -3.27. The lowest BCUT2D eigenvalue weighted by molar-refractivity contribution is -0.132. The summed E-state index contributed by atoms with van der Waals surface area (Å²) in [5.41, 5.74) is 0.650. The van der Waals surface area contributed by atoms with Crippen molar-refractivity contribution in [3.05, 3.63) is 42.5 Å². The van der Waals surface area contributed by atoms with Gasteiger partial charge in [-0.25, -0.2) is 8.42 Å². The molecule has 2 atom stereocenters. The van der Waals surface area contributed by atoms with Crippen molar-refractivity contribution in [3.8, 4) is 0 Å². The molecule has 2 heterocycles. The zero-order chi connectivity index (χ0) is 18.0. The number of amides is 2. The summed E-state index contributed by atoms with van der Waals surface area (Å²) in [5, 5.41) is 2.99. The molecule has 1 fully saturated rings. The lowest BCUT2D eigenvalue weighted by atomic mass is 9.95. The number of likely N-dealkylation sites (tertiary alicyclic amines) is 1. The largest absolute Gasteiger partial charge is 0.349 e. The van der Waals surface area contributed by atoms with E-state index in [0.29, 0.717) is 30.0 Å². The Hall–Kier alpha value is -2.15. The maximum atomic E-state index is 12.7. The van der Waals surface area contributed by atoms with E-state index in [9.17, 15) is 18.0 Å². The standard InChI is InChI=1S/C18H22N2O4S/c1-2-17(21)20-10-5-6-13(12-20)18(22)19-15-9-11-25(23,24)16-8-4-3-7-14(15)16/h2-4,7-8,13,15H,1,5-6,9-12H2,(H,19,22). The highest BCUT2D eigenvalue weighted by Gasteiger charge is 2.33. The van der Waals surface area contributed by atoms with E-state index in [1.54, 1.807) is 29.2 Å². The lowest BCUT2D eigenvalue weighted by Crippen LogP contribution is -2.46. The Balaban J connectivity index is 1.73. The number of hydrogen-bond donors (Lipinski definition) is 1. The van der Waals surface area contributed by atoms with Crippen LogP contribution < -0.4 is 5.32 Å². The molecule has 0 bridgehead atoms. The van der Waals surface area contributed by atoms with E-state index < -0.39 is 9.84 Å². The van der Waals surface area contributed by atoms with Gasteiger partial charge < -0.3 is 10.2 Å². The SMILES string of the molecule is C=CC(=O)N1CCCC(C(=O)NC2CCS(=O)(=O)c3ccccc32)C1. The maximum Gasteiger partial charge on any atom is 0.245 e. The van der Waals surface area contributed by atoms with E-state index in [1.165, 1.54) is 6.08 Å². The molecule has 6 nitrogen and oxygen atoms in total. The van der Waals surface area contributed by atoms with Gasteiger partial charge in [-0.15, -0.1) is 0 Å². The first-order chi connectivity index (χ1) is 11.9. The molecule has 2 amide bonds. The summed E-state index contributed by atoms with van der Waals surface area (Å²) in [7, 11) is -3.27. The van der Waals surface area contributed by atoms with Crippen molar-refractivity contribution in [1.82, 2.24) is 10.2 Å². The van der Waals surface area contributed by atoms with Crippen LogP contribution in [0.25, 0.3) is 0 Å². The van der Waals surface area contributed by atoms with Crippen LogP contribution in [0.3, 0.4) is 0 Å². The number of fused-ring (bicyclic) bond motifs is 1. The molecular formula is C18H22N2O4S. The highest BCUT2D eigenvalue weighted by molar-refractivity contribution is 7.91. The Morgan fingerprint density at radius 3 is 2.76 bits per heavy atom. The zero-order valence-electron chi connectivity index (χ0n) is 14.0. The van der Waals surface area contributed by atoms with E-state index >= 15 is 0 Å². The summed E-state index contributed by atoms with van der Waals surface area (Å²) in [6, 6.07) is 6.52. The van der Waals surface area contributed by atoms with Crippen LogP contribution in [0, 0.1) is 5.92 Å². The van der Waals surface area contributed by atoms with Crippen LogP contribution in [0.1, 0.15) is 30.9 Å². The summed E-state index contributed by atoms with van der Waals surface area (Å²) in [4.78, 5) is 26.4. The van der Waals surface area contributed by atoms with Crippen LogP contribution in [0.2, 0.25) is 0 Å². The first kappa shape index (κ1) is 17.7. The Morgan fingerprint density at radius 1 is 1.24 bits per heavy atom. The van der Waals surface area contributed by atoms with Gasteiger partial charge >= 0.3 is 0 Å². The molecule has 1 saturated heterocycles. The number of nitrogens with zero attached hydrogens (tertiary/aromatic N) is 1. The van der Waals surface area contributed by atoms with Gasteiger partial charge in [-0.05, 0) is 37.0 Å². The summed E-state index contributed by atoms with van der Waals surface area (Å²) in [6.45, 7) is 4.51. The number of carbonyl (C=O) groups is 2. The predicted octanol–water partition coefficient (Wildman–Crippen LogP) is 1.45. The van der Waals surface area contributed by atoms with E-state index in [4.69, 9.17) is 0 Å². The Bertz CT molecular complexity index is 803. The van der Waals surface area contributed by atoms with Crippen LogP contribution in [-0.2, 0) is 19.4 Å². The van der Waals surface area contributed by atoms with Crippen LogP contribution in [0.5, 0.6) is 0 Å². The number of rotatable bonds is 3. The molecule has 3 rings (SSSR count). The lowest BCUT2D eigenvalue weighted by Gasteiger charge is -2.33. The second-order valence-electron chi connectivity index (χ2n) is 6.53. The quantitative estimate of drug-likeness (QED) is 0.825. The monoisotopic (exact) mass is 362 g/mol. The molecule has 1 N–H and O–H groups in total. The molecule has 2 aliphatic heterocycles. The van der Waals surface area contributed by atoms with Crippen LogP contribution in [0.4, 0.5) is 0 Å². The molecule has 0 spiro atoms. The van der Waals surface area contributed by atoms with E-state index in [0.717, 1.165) is 12.8 Å². The molecule has 1 aromatic rings. The summed E-state index contributed by atoms with van der Waals surface area (Å²) >= 11 is 0. The van der Waals surface area contributed by atoms with Gasteiger partial charge in [-0.3, -0.25) is 9.59 Å². The Morgan fingerprint density at radius 2 is 2.00 bits per heavy atom. The third-order valence-corrected chi connectivity index (χ3v) is 6.71. The van der Waals surface area contributed by atoms with E-state index in [1.807, 2.05) is 0 Å². The van der Waals surface area contributed by atoms with Gasteiger partial charge in [0.1, 0.15) is 0 Å². The van der Waals surface area contributed by atoms with E-state index in [-0.39, 0.29) is 29.5 Å². The fourth-order valence-corrected chi connectivity index (χ4v) is 5.17. The number of piperidine rings is 1. The molecule has 0 aromatic heterocycles. The van der Waals surface area contributed by atoms with Crippen molar-refractivity contribution in [2.75, 3.05) is 18.8 Å². The molecule has 134 valence electrons. The maximum absolute atomic E-state index is 12.7. The average Bonchev–Trinajstić information content (AvgIpc) is 2.63. The summed E-state index contributed by atoms with van der Waals surface area (Å²) < 4.78 is 24.4. The first-order valence-electron chi connectivity index (χ1n) is 8.46. The van der Waals surface area contributed by atoms with Gasteiger partial charge in [0.25, 0.3) is 0 Å². The van der Waals surface area contributed by atoms with Crippen LogP contribution in [0.15, 0.2) is 41.8 Å². The summed E-state index contributed by atoms with van der Waals surface area (Å²) in [6.07, 6.45) is 3.13. The number of carbonyl (C=O) groups excluding carboxylic acids is 2. The predicted molar refractivity (Wildman–Crippen MR) is 93.5 cm³/mol. The second kappa shape index (κ2) is 7.00. The van der Waals surface area contributed by atoms with Crippen molar-refractivity contribution in [3.63, 3.8) is 0 Å². The molecule has 2 aliphatic rings. The highest BCUT2D eigenvalue weighted by atomic mass is 32.2. The Labute approximate surface area is 147 Å². The van der Waals surface area contributed by atoms with Gasteiger partial charge in [-0.2, -0.15) is 0 Å². The molecule has 0 radical (unpaired) electrons. The zero-order valence-corrected chi connectivity index (χ0v) is 14.8. The van der Waals surface area contributed by atoms with Crippen molar-refractivity contribution >= 4 is 21.7 Å². The normalized spacial score (nSPS) is 24.9.